The summed E-state index contributed by atoms with van der Waals surface area (Å²) in [4.78, 5) is 0. The topological polar surface area (TPSA) is 9.23 Å². The molecule has 1 aliphatic rings. The van der Waals surface area contributed by atoms with Crippen LogP contribution in [0.4, 0.5) is 0 Å². The van der Waals surface area contributed by atoms with Crippen LogP contribution in [-0.4, -0.2) is 6.61 Å². The van der Waals surface area contributed by atoms with E-state index in [2.05, 4.69) is 37.5 Å². The van der Waals surface area contributed by atoms with Gasteiger partial charge in [-0.25, -0.2) is 0 Å². The van der Waals surface area contributed by atoms with Gasteiger partial charge in [0.1, 0.15) is 5.75 Å². The van der Waals surface area contributed by atoms with Gasteiger partial charge in [0.15, 0.2) is 0 Å². The number of benzene rings is 1. The Labute approximate surface area is 173 Å². The lowest BCUT2D eigenvalue weighted by Crippen LogP contribution is -2.13. The molecule has 0 saturated heterocycles. The number of rotatable bonds is 8. The molecular formula is C27H36O. The monoisotopic (exact) mass is 376 g/mol. The van der Waals surface area contributed by atoms with Gasteiger partial charge in [0.25, 0.3) is 0 Å². The summed E-state index contributed by atoms with van der Waals surface area (Å²) < 4.78 is 5.58. The van der Waals surface area contributed by atoms with Crippen LogP contribution in [0.2, 0.25) is 0 Å². The maximum Gasteiger partial charge on any atom is 0.119 e. The molecule has 1 aromatic rings. The minimum Gasteiger partial charge on any atom is -0.494 e. The fraction of sp³-hybridized carbons (Fsp3) is 0.556. The molecule has 1 heteroatoms. The highest BCUT2D eigenvalue weighted by atomic mass is 16.5. The summed E-state index contributed by atoms with van der Waals surface area (Å²) in [7, 11) is 0. The van der Waals surface area contributed by atoms with Crippen molar-refractivity contribution >= 4 is 0 Å². The van der Waals surface area contributed by atoms with E-state index in [1.54, 1.807) is 0 Å². The van der Waals surface area contributed by atoms with Gasteiger partial charge in [0.05, 0.1) is 6.61 Å². The molecule has 28 heavy (non-hydrogen) atoms. The predicted molar refractivity (Wildman–Crippen MR) is 120 cm³/mol. The van der Waals surface area contributed by atoms with Crippen LogP contribution in [0.5, 0.6) is 5.75 Å². The van der Waals surface area contributed by atoms with Crippen LogP contribution in [0.25, 0.3) is 0 Å². The highest BCUT2D eigenvalue weighted by molar-refractivity contribution is 5.40. The predicted octanol–water partition coefficient (Wildman–Crippen LogP) is 7.16. The second kappa shape index (κ2) is 14.0. The van der Waals surface area contributed by atoms with Crippen LogP contribution in [0.1, 0.15) is 83.6 Å². The van der Waals surface area contributed by atoms with Crippen LogP contribution in [0.3, 0.4) is 0 Å². The van der Waals surface area contributed by atoms with E-state index >= 15 is 0 Å². The Morgan fingerprint density at radius 2 is 1.64 bits per heavy atom. The largest absolute Gasteiger partial charge is 0.494 e. The van der Waals surface area contributed by atoms with Crippen molar-refractivity contribution in [1.82, 2.24) is 0 Å². The van der Waals surface area contributed by atoms with E-state index in [9.17, 15) is 0 Å². The summed E-state index contributed by atoms with van der Waals surface area (Å²) in [5.41, 5.74) is 0.999. The zero-order valence-corrected chi connectivity index (χ0v) is 17.8. The van der Waals surface area contributed by atoms with Crippen molar-refractivity contribution in [2.75, 3.05) is 6.61 Å². The maximum atomic E-state index is 5.58. The minimum absolute atomic E-state index is 0.583. The Bertz CT molecular complexity index is 682. The molecule has 0 heterocycles. The summed E-state index contributed by atoms with van der Waals surface area (Å²) in [6.07, 6.45) is 17.1. The molecule has 1 saturated carbocycles. The van der Waals surface area contributed by atoms with Gasteiger partial charge in [0.2, 0.25) is 0 Å². The van der Waals surface area contributed by atoms with Crippen molar-refractivity contribution in [3.63, 3.8) is 0 Å². The Morgan fingerprint density at radius 3 is 2.36 bits per heavy atom. The van der Waals surface area contributed by atoms with Gasteiger partial charge in [-0.1, -0.05) is 69.6 Å². The molecule has 0 N–H and O–H groups in total. The summed E-state index contributed by atoms with van der Waals surface area (Å²) in [6, 6.07) is 7.95. The van der Waals surface area contributed by atoms with Crippen LogP contribution in [-0.2, 0) is 0 Å². The van der Waals surface area contributed by atoms with E-state index in [1.807, 2.05) is 36.4 Å². The number of unbranched alkanes of at least 4 members (excludes halogenated alkanes) is 3. The average Bonchev–Trinajstić information content (AvgIpc) is 2.74. The van der Waals surface area contributed by atoms with Crippen LogP contribution in [0.15, 0.2) is 36.4 Å². The molecule has 0 atom stereocenters. The highest BCUT2D eigenvalue weighted by Crippen LogP contribution is 2.31. The summed E-state index contributed by atoms with van der Waals surface area (Å²) in [6.45, 7) is 5.15. The van der Waals surface area contributed by atoms with Gasteiger partial charge >= 0.3 is 0 Å². The first-order valence-electron chi connectivity index (χ1n) is 11.2. The van der Waals surface area contributed by atoms with Crippen molar-refractivity contribution in [3.8, 4) is 29.4 Å². The van der Waals surface area contributed by atoms with E-state index in [4.69, 9.17) is 4.74 Å². The minimum atomic E-state index is 0.583. The lowest BCUT2D eigenvalue weighted by molar-refractivity contribution is 0.294. The van der Waals surface area contributed by atoms with Crippen molar-refractivity contribution in [3.05, 3.63) is 42.0 Å². The van der Waals surface area contributed by atoms with E-state index in [0.29, 0.717) is 5.92 Å². The molecule has 0 bridgehead atoms. The highest BCUT2D eigenvalue weighted by Gasteiger charge is 2.19. The molecule has 1 nitrogen and oxygen atoms in total. The SMILES string of the molecule is CCCCCC[C@H]1CC[C@H](C#C/C=C/C#Cc2ccc(OCCC)cc2)CC1. The molecule has 0 spiro atoms. The zero-order chi connectivity index (χ0) is 19.9. The van der Waals surface area contributed by atoms with Crippen molar-refractivity contribution in [2.24, 2.45) is 11.8 Å². The van der Waals surface area contributed by atoms with Crippen molar-refractivity contribution in [2.45, 2.75) is 78.1 Å². The van der Waals surface area contributed by atoms with Gasteiger partial charge in [-0.15, -0.1) is 0 Å². The zero-order valence-electron chi connectivity index (χ0n) is 17.8. The van der Waals surface area contributed by atoms with Gasteiger partial charge < -0.3 is 4.74 Å². The van der Waals surface area contributed by atoms with E-state index < -0.39 is 0 Å². The molecule has 150 valence electrons. The first-order valence-corrected chi connectivity index (χ1v) is 11.2. The molecule has 0 aliphatic heterocycles. The molecule has 1 fully saturated rings. The average molecular weight is 377 g/mol. The molecule has 2 rings (SSSR count). The number of allylic oxidation sites excluding steroid dienone is 2. The smallest absolute Gasteiger partial charge is 0.119 e. The lowest BCUT2D eigenvalue weighted by atomic mass is 9.80. The third-order valence-corrected chi connectivity index (χ3v) is 5.39. The van der Waals surface area contributed by atoms with Crippen molar-refractivity contribution < 1.29 is 4.74 Å². The molecule has 1 aromatic carbocycles. The lowest BCUT2D eigenvalue weighted by Gasteiger charge is -2.25. The Balaban J connectivity index is 1.67. The maximum absolute atomic E-state index is 5.58. The summed E-state index contributed by atoms with van der Waals surface area (Å²) in [5, 5.41) is 0. The molecule has 1 aliphatic carbocycles. The molecule has 0 radical (unpaired) electrons. The third-order valence-electron chi connectivity index (χ3n) is 5.39. The van der Waals surface area contributed by atoms with Gasteiger partial charge in [-0.05, 0) is 74.4 Å². The quantitative estimate of drug-likeness (QED) is 0.345. The van der Waals surface area contributed by atoms with Crippen LogP contribution in [0, 0.1) is 35.5 Å². The van der Waals surface area contributed by atoms with E-state index in [0.717, 1.165) is 30.3 Å². The van der Waals surface area contributed by atoms with E-state index in [-0.39, 0.29) is 0 Å². The summed E-state index contributed by atoms with van der Waals surface area (Å²) in [5.74, 6) is 15.3. The van der Waals surface area contributed by atoms with Gasteiger partial charge in [-0.3, -0.25) is 0 Å². The van der Waals surface area contributed by atoms with Crippen LogP contribution < -0.4 is 4.74 Å². The number of hydrogen-bond donors (Lipinski definition) is 0. The number of hydrogen-bond acceptors (Lipinski definition) is 1. The molecule has 0 aromatic heterocycles. The van der Waals surface area contributed by atoms with Gasteiger partial charge in [0, 0.05) is 11.5 Å². The van der Waals surface area contributed by atoms with Crippen LogP contribution >= 0.6 is 0 Å². The third kappa shape index (κ3) is 9.19. The normalized spacial score (nSPS) is 18.8. The Morgan fingerprint density at radius 1 is 0.893 bits per heavy atom. The fourth-order valence-corrected chi connectivity index (χ4v) is 3.68. The number of ether oxygens (including phenoxy) is 1. The summed E-state index contributed by atoms with van der Waals surface area (Å²) >= 11 is 0. The Kier molecular flexibility index (Phi) is 11.1. The van der Waals surface area contributed by atoms with Gasteiger partial charge in [-0.2, -0.15) is 0 Å². The molecular weight excluding hydrogens is 340 g/mol. The second-order valence-corrected chi connectivity index (χ2v) is 7.83. The molecule has 0 amide bonds. The second-order valence-electron chi connectivity index (χ2n) is 7.83. The Hall–Kier alpha value is -2.12. The molecule has 0 unspecified atom stereocenters. The standard InChI is InChI=1S/C27H36O/c1-3-5-6-9-12-24-15-17-25(18-16-24)13-10-7-8-11-14-26-19-21-27(22-20-26)28-23-4-2/h7-8,19-22,24-25H,3-6,9,12,15-18,23H2,1-2H3/b8-7+/t24-,25-. The first kappa shape index (κ1) is 22.2. The van der Waals surface area contributed by atoms with E-state index in [1.165, 1.54) is 57.8 Å². The first-order chi connectivity index (χ1) is 13.8. The fourth-order valence-electron chi connectivity index (χ4n) is 3.68. The van der Waals surface area contributed by atoms with Crippen molar-refractivity contribution in [1.29, 1.82) is 0 Å².